The molecule has 0 spiro atoms. The SMILES string of the molecule is Cc1c(N(Cc2ccc(OC(F)(F)F)cc2)S(=O)(=O)c2nc3ccccc3n2C)sc2ccccc12. The molecule has 11 heteroatoms. The average Bonchev–Trinajstić information content (AvgIpc) is 3.35. The van der Waals surface area contributed by atoms with Gasteiger partial charge in [0.2, 0.25) is 5.16 Å². The van der Waals surface area contributed by atoms with Gasteiger partial charge in [-0.3, -0.25) is 0 Å². The summed E-state index contributed by atoms with van der Waals surface area (Å²) in [5, 5.41) is 1.31. The van der Waals surface area contributed by atoms with Gasteiger partial charge in [-0.1, -0.05) is 42.5 Å². The van der Waals surface area contributed by atoms with E-state index in [0.717, 1.165) is 15.6 Å². The molecule has 0 amide bonds. The van der Waals surface area contributed by atoms with Crippen molar-refractivity contribution in [1.82, 2.24) is 9.55 Å². The van der Waals surface area contributed by atoms with Crippen molar-refractivity contribution in [2.45, 2.75) is 25.0 Å². The molecule has 5 aromatic rings. The van der Waals surface area contributed by atoms with Crippen LogP contribution >= 0.6 is 11.3 Å². The lowest BCUT2D eigenvalue weighted by Crippen LogP contribution is -2.32. The van der Waals surface area contributed by atoms with Gasteiger partial charge in [0.25, 0.3) is 10.0 Å². The van der Waals surface area contributed by atoms with Crippen LogP contribution in [0.1, 0.15) is 11.1 Å². The molecule has 2 heterocycles. The number of sulfonamides is 1. The van der Waals surface area contributed by atoms with Gasteiger partial charge < -0.3 is 9.30 Å². The Morgan fingerprint density at radius 1 is 1.00 bits per heavy atom. The summed E-state index contributed by atoms with van der Waals surface area (Å²) in [4.78, 5) is 4.40. The van der Waals surface area contributed by atoms with Gasteiger partial charge in [0, 0.05) is 11.7 Å². The average molecular weight is 532 g/mol. The van der Waals surface area contributed by atoms with E-state index in [0.29, 0.717) is 21.6 Å². The van der Waals surface area contributed by atoms with Crippen LogP contribution in [-0.4, -0.2) is 24.3 Å². The molecule has 0 bridgehead atoms. The fraction of sp³-hybridized carbons (Fsp3) is 0.160. The summed E-state index contributed by atoms with van der Waals surface area (Å²) in [5.74, 6) is -0.381. The largest absolute Gasteiger partial charge is 0.573 e. The number of para-hydroxylation sites is 2. The Hall–Kier alpha value is -3.57. The number of alkyl halides is 3. The van der Waals surface area contributed by atoms with Crippen molar-refractivity contribution in [3.63, 3.8) is 0 Å². The number of halogens is 3. The normalized spacial score (nSPS) is 12.4. The highest BCUT2D eigenvalue weighted by molar-refractivity contribution is 7.92. The number of hydrogen-bond acceptors (Lipinski definition) is 5. The maximum absolute atomic E-state index is 14.1. The van der Waals surface area contributed by atoms with Gasteiger partial charge in [0.15, 0.2) is 0 Å². The Labute approximate surface area is 209 Å². The number of thiophene rings is 1. The molecule has 0 aliphatic carbocycles. The second-order valence-electron chi connectivity index (χ2n) is 8.17. The highest BCUT2D eigenvalue weighted by Crippen LogP contribution is 2.41. The molecule has 0 radical (unpaired) electrons. The first-order chi connectivity index (χ1) is 17.0. The lowest BCUT2D eigenvalue weighted by molar-refractivity contribution is -0.274. The van der Waals surface area contributed by atoms with Gasteiger partial charge in [-0.2, -0.15) is 8.42 Å². The third-order valence-corrected chi connectivity index (χ3v) is 8.93. The smallest absolute Gasteiger partial charge is 0.406 e. The minimum atomic E-state index is -4.81. The monoisotopic (exact) mass is 531 g/mol. The van der Waals surface area contributed by atoms with E-state index in [2.05, 4.69) is 9.72 Å². The van der Waals surface area contributed by atoms with Crippen molar-refractivity contribution in [1.29, 1.82) is 0 Å². The molecule has 2 aromatic heterocycles. The molecule has 0 saturated heterocycles. The Morgan fingerprint density at radius 3 is 2.33 bits per heavy atom. The highest BCUT2D eigenvalue weighted by atomic mass is 32.2. The van der Waals surface area contributed by atoms with Gasteiger partial charge in [-0.05, 0) is 53.8 Å². The van der Waals surface area contributed by atoms with Gasteiger partial charge in [-0.15, -0.1) is 24.5 Å². The van der Waals surface area contributed by atoms with Crippen molar-refractivity contribution in [2.75, 3.05) is 4.31 Å². The van der Waals surface area contributed by atoms with E-state index in [1.54, 1.807) is 31.3 Å². The fourth-order valence-electron chi connectivity index (χ4n) is 4.08. The predicted molar refractivity (Wildman–Crippen MR) is 134 cm³/mol. The molecule has 0 atom stereocenters. The number of benzene rings is 3. The van der Waals surface area contributed by atoms with Crippen molar-refractivity contribution >= 4 is 47.5 Å². The molecule has 0 unspecified atom stereocenters. The summed E-state index contributed by atoms with van der Waals surface area (Å²) in [6.45, 7) is 1.75. The Morgan fingerprint density at radius 2 is 1.67 bits per heavy atom. The summed E-state index contributed by atoms with van der Waals surface area (Å²) in [7, 11) is -2.53. The number of aryl methyl sites for hydroxylation is 2. The highest BCUT2D eigenvalue weighted by Gasteiger charge is 2.33. The van der Waals surface area contributed by atoms with E-state index in [4.69, 9.17) is 0 Å². The third-order valence-electron chi connectivity index (χ3n) is 5.80. The van der Waals surface area contributed by atoms with Crippen LogP contribution in [0.15, 0.2) is 78.0 Å². The zero-order chi connectivity index (χ0) is 25.7. The zero-order valence-electron chi connectivity index (χ0n) is 19.2. The van der Waals surface area contributed by atoms with E-state index in [1.165, 1.54) is 44.5 Å². The van der Waals surface area contributed by atoms with Crippen molar-refractivity contribution in [3.8, 4) is 5.75 Å². The first-order valence-corrected chi connectivity index (χ1v) is 13.1. The molecule has 6 nitrogen and oxygen atoms in total. The van der Waals surface area contributed by atoms with Crippen LogP contribution in [-0.2, 0) is 23.6 Å². The number of imidazole rings is 1. The number of rotatable bonds is 6. The quantitative estimate of drug-likeness (QED) is 0.255. The summed E-state index contributed by atoms with van der Waals surface area (Å²) < 4.78 is 73.6. The summed E-state index contributed by atoms with van der Waals surface area (Å²) in [6.07, 6.45) is -4.81. The molecule has 0 N–H and O–H groups in total. The number of ether oxygens (including phenoxy) is 1. The van der Waals surface area contributed by atoms with Crippen LogP contribution < -0.4 is 9.04 Å². The molecule has 5 rings (SSSR count). The van der Waals surface area contributed by atoms with E-state index in [-0.39, 0.29) is 17.5 Å². The lowest BCUT2D eigenvalue weighted by Gasteiger charge is -2.23. The first kappa shape index (κ1) is 24.1. The molecule has 0 aliphatic rings. The van der Waals surface area contributed by atoms with Gasteiger partial charge in [-0.25, -0.2) is 9.29 Å². The first-order valence-electron chi connectivity index (χ1n) is 10.8. The molecular formula is C25H20F3N3O3S2. The predicted octanol–water partition coefficient (Wildman–Crippen LogP) is 6.39. The summed E-state index contributed by atoms with van der Waals surface area (Å²) in [6, 6.07) is 19.9. The fourth-order valence-corrected chi connectivity index (χ4v) is 7.13. The lowest BCUT2D eigenvalue weighted by atomic mass is 10.2. The minimum Gasteiger partial charge on any atom is -0.406 e. The van der Waals surface area contributed by atoms with Crippen LogP contribution in [0.3, 0.4) is 0 Å². The number of fused-ring (bicyclic) bond motifs is 2. The van der Waals surface area contributed by atoms with Gasteiger partial charge in [0.1, 0.15) is 10.8 Å². The zero-order valence-corrected chi connectivity index (χ0v) is 20.8. The number of hydrogen-bond donors (Lipinski definition) is 0. The van der Waals surface area contributed by atoms with E-state index in [1.807, 2.05) is 31.2 Å². The number of anilines is 1. The van der Waals surface area contributed by atoms with Crippen molar-refractivity contribution in [3.05, 3.63) is 83.9 Å². The van der Waals surface area contributed by atoms with E-state index < -0.39 is 16.4 Å². The maximum Gasteiger partial charge on any atom is 0.573 e. The topological polar surface area (TPSA) is 64.4 Å². The van der Waals surface area contributed by atoms with Crippen LogP contribution in [0, 0.1) is 6.92 Å². The van der Waals surface area contributed by atoms with Crippen LogP contribution in [0.25, 0.3) is 21.1 Å². The summed E-state index contributed by atoms with van der Waals surface area (Å²) in [5.41, 5.74) is 2.48. The Balaban J connectivity index is 1.62. The Bertz CT molecular complexity index is 1670. The van der Waals surface area contributed by atoms with Crippen LogP contribution in [0.5, 0.6) is 5.75 Å². The van der Waals surface area contributed by atoms with Crippen LogP contribution in [0.4, 0.5) is 18.2 Å². The molecule has 0 aliphatic heterocycles. The van der Waals surface area contributed by atoms with Crippen molar-refractivity contribution in [2.24, 2.45) is 7.05 Å². The second-order valence-corrected chi connectivity index (χ2v) is 11.0. The van der Waals surface area contributed by atoms with E-state index in [9.17, 15) is 21.6 Å². The summed E-state index contributed by atoms with van der Waals surface area (Å²) >= 11 is 1.33. The minimum absolute atomic E-state index is 0.106. The maximum atomic E-state index is 14.1. The molecule has 0 fully saturated rings. The third kappa shape index (κ3) is 4.40. The Kier molecular flexibility index (Phi) is 5.92. The second kappa shape index (κ2) is 8.82. The number of aromatic nitrogens is 2. The van der Waals surface area contributed by atoms with Crippen LogP contribution in [0.2, 0.25) is 0 Å². The molecular weight excluding hydrogens is 511 g/mol. The van der Waals surface area contributed by atoms with E-state index >= 15 is 0 Å². The van der Waals surface area contributed by atoms with Gasteiger partial charge in [0.05, 0.1) is 17.6 Å². The molecule has 3 aromatic carbocycles. The molecule has 186 valence electrons. The molecule has 36 heavy (non-hydrogen) atoms. The standard InChI is InChI=1S/C25H20F3N3O3S2/c1-16-19-7-3-6-10-22(19)35-23(16)31(15-17-11-13-18(14-12-17)34-25(26,27)28)36(32,33)24-29-20-8-4-5-9-21(20)30(24)2/h3-14H,15H2,1-2H3. The van der Waals surface area contributed by atoms with Gasteiger partial charge >= 0.3 is 6.36 Å². The number of nitrogens with zero attached hydrogens (tertiary/aromatic N) is 3. The van der Waals surface area contributed by atoms with Crippen molar-refractivity contribution < 1.29 is 26.3 Å². The molecule has 0 saturated carbocycles.